The molecule has 0 saturated carbocycles. The zero-order valence-electron chi connectivity index (χ0n) is 9.64. The number of imidazole rings is 1. The van der Waals surface area contributed by atoms with Gasteiger partial charge in [-0.15, -0.1) is 0 Å². The summed E-state index contributed by atoms with van der Waals surface area (Å²) in [5.41, 5.74) is 7.04. The summed E-state index contributed by atoms with van der Waals surface area (Å²) in [6, 6.07) is 6.57. The molecule has 0 saturated heterocycles. The Morgan fingerprint density at radius 2 is 1.94 bits per heavy atom. The lowest BCUT2D eigenvalue weighted by Crippen LogP contribution is -1.98. The average molecular weight is 330 g/mol. The van der Waals surface area contributed by atoms with E-state index in [1.165, 1.54) is 6.26 Å². The molecule has 0 bridgehead atoms. The normalized spacial score (nSPS) is 11.7. The molecule has 2 rings (SSSR count). The third kappa shape index (κ3) is 2.63. The minimum absolute atomic E-state index is 0.289. The number of H-pyrrole nitrogens is 1. The second-order valence-corrected chi connectivity index (χ2v) is 6.66. The molecule has 1 aromatic heterocycles. The van der Waals surface area contributed by atoms with Crippen LogP contribution in [0.3, 0.4) is 0 Å². The fraction of sp³-hybridized carbons (Fsp3) is 0.182. The monoisotopic (exact) mass is 329 g/mol. The Labute approximate surface area is 113 Å². The molecule has 7 heteroatoms. The molecule has 2 aromatic rings. The van der Waals surface area contributed by atoms with Crippen molar-refractivity contribution in [3.63, 3.8) is 0 Å². The Hall–Kier alpha value is -1.18. The van der Waals surface area contributed by atoms with Crippen molar-refractivity contribution < 1.29 is 8.42 Å². The number of aromatic nitrogens is 2. The van der Waals surface area contributed by atoms with E-state index in [9.17, 15) is 8.42 Å². The number of hydrogen-bond acceptors (Lipinski definition) is 4. The Morgan fingerprint density at radius 3 is 2.39 bits per heavy atom. The topological polar surface area (TPSA) is 88.8 Å². The fourth-order valence-corrected chi connectivity index (χ4v) is 2.72. The van der Waals surface area contributed by atoms with Crippen LogP contribution in [0.1, 0.15) is 5.82 Å². The van der Waals surface area contributed by atoms with E-state index >= 15 is 0 Å². The Kier molecular flexibility index (Phi) is 3.56. The lowest BCUT2D eigenvalue weighted by molar-refractivity contribution is 0.602. The van der Waals surface area contributed by atoms with Gasteiger partial charge in [0.2, 0.25) is 0 Å². The minimum Gasteiger partial charge on any atom is -0.335 e. The maximum Gasteiger partial charge on any atom is 0.175 e. The number of nitrogens with one attached hydrogen (secondary N) is 1. The standard InChI is InChI=1S/C11H12BrN3O2S/c1-18(16,17)8-4-2-7(3-5-8)10-11(12)15-9(6-13)14-10/h2-5H,6,13H2,1H3,(H,14,15). The summed E-state index contributed by atoms with van der Waals surface area (Å²) < 4.78 is 23.4. The van der Waals surface area contributed by atoms with Crippen LogP contribution in [0.25, 0.3) is 11.3 Å². The van der Waals surface area contributed by atoms with Crippen molar-refractivity contribution in [1.29, 1.82) is 0 Å². The van der Waals surface area contributed by atoms with Crippen LogP contribution in [0.2, 0.25) is 0 Å². The third-order valence-corrected chi connectivity index (χ3v) is 4.16. The van der Waals surface area contributed by atoms with Crippen LogP contribution in [-0.2, 0) is 16.4 Å². The van der Waals surface area contributed by atoms with E-state index < -0.39 is 9.84 Å². The van der Waals surface area contributed by atoms with Crippen LogP contribution >= 0.6 is 15.9 Å². The molecule has 0 aliphatic heterocycles. The number of aromatic amines is 1. The quantitative estimate of drug-likeness (QED) is 0.896. The average Bonchev–Trinajstić information content (AvgIpc) is 2.70. The van der Waals surface area contributed by atoms with Gasteiger partial charge in [-0.1, -0.05) is 12.1 Å². The van der Waals surface area contributed by atoms with Crippen molar-refractivity contribution in [2.24, 2.45) is 5.73 Å². The van der Waals surface area contributed by atoms with E-state index in [0.717, 1.165) is 15.9 Å². The summed E-state index contributed by atoms with van der Waals surface area (Å²) in [6.45, 7) is 0.319. The van der Waals surface area contributed by atoms with Gasteiger partial charge < -0.3 is 10.7 Å². The first-order valence-electron chi connectivity index (χ1n) is 5.17. The number of halogens is 1. The molecule has 0 unspecified atom stereocenters. The van der Waals surface area contributed by atoms with Crippen molar-refractivity contribution in [2.75, 3.05) is 6.26 Å². The maximum absolute atomic E-state index is 11.4. The van der Waals surface area contributed by atoms with Gasteiger partial charge in [-0.05, 0) is 28.1 Å². The van der Waals surface area contributed by atoms with Gasteiger partial charge in [-0.25, -0.2) is 13.4 Å². The lowest BCUT2D eigenvalue weighted by atomic mass is 10.2. The highest BCUT2D eigenvalue weighted by molar-refractivity contribution is 9.10. The minimum atomic E-state index is -3.17. The zero-order valence-corrected chi connectivity index (χ0v) is 12.0. The molecule has 1 heterocycles. The van der Waals surface area contributed by atoms with Crippen LogP contribution in [0.4, 0.5) is 0 Å². The van der Waals surface area contributed by atoms with Crippen molar-refractivity contribution in [3.8, 4) is 11.3 Å². The summed E-state index contributed by atoms with van der Waals surface area (Å²) in [5.74, 6) is 0.670. The van der Waals surface area contributed by atoms with Crippen LogP contribution < -0.4 is 5.73 Å². The molecule has 0 aliphatic rings. The van der Waals surface area contributed by atoms with Gasteiger partial charge in [-0.3, -0.25) is 0 Å². The Balaban J connectivity index is 2.43. The lowest BCUT2D eigenvalue weighted by Gasteiger charge is -2.00. The van der Waals surface area contributed by atoms with Crippen LogP contribution in [0, 0.1) is 0 Å². The highest BCUT2D eigenvalue weighted by atomic mass is 79.9. The van der Waals surface area contributed by atoms with E-state index in [1.54, 1.807) is 24.3 Å². The Bertz CT molecular complexity index is 662. The van der Waals surface area contributed by atoms with Crippen LogP contribution in [-0.4, -0.2) is 24.6 Å². The Morgan fingerprint density at radius 1 is 1.33 bits per heavy atom. The zero-order chi connectivity index (χ0) is 13.3. The highest BCUT2D eigenvalue weighted by Gasteiger charge is 2.11. The van der Waals surface area contributed by atoms with Crippen LogP contribution in [0.15, 0.2) is 33.8 Å². The molecule has 1 aromatic carbocycles. The van der Waals surface area contributed by atoms with Gasteiger partial charge in [0, 0.05) is 11.8 Å². The predicted molar refractivity (Wildman–Crippen MR) is 72.7 cm³/mol. The summed E-state index contributed by atoms with van der Waals surface area (Å²) >= 11 is 3.36. The molecular weight excluding hydrogens is 318 g/mol. The highest BCUT2D eigenvalue weighted by Crippen LogP contribution is 2.26. The number of rotatable bonds is 3. The predicted octanol–water partition coefficient (Wildman–Crippen LogP) is 1.70. The molecular formula is C11H12BrN3O2S. The molecule has 5 nitrogen and oxygen atoms in total. The molecule has 0 atom stereocenters. The first-order valence-corrected chi connectivity index (χ1v) is 7.85. The van der Waals surface area contributed by atoms with E-state index in [4.69, 9.17) is 5.73 Å². The molecule has 0 fully saturated rings. The molecule has 96 valence electrons. The summed E-state index contributed by atoms with van der Waals surface area (Å²) in [4.78, 5) is 7.60. The van der Waals surface area contributed by atoms with Crippen LogP contribution in [0.5, 0.6) is 0 Å². The largest absolute Gasteiger partial charge is 0.335 e. The number of nitrogens with two attached hydrogens (primary N) is 1. The van der Waals surface area contributed by atoms with E-state index in [2.05, 4.69) is 25.9 Å². The third-order valence-electron chi connectivity index (χ3n) is 2.46. The molecule has 18 heavy (non-hydrogen) atoms. The van der Waals surface area contributed by atoms with E-state index in [1.807, 2.05) is 0 Å². The number of benzene rings is 1. The first-order chi connectivity index (χ1) is 8.41. The summed E-state index contributed by atoms with van der Waals surface area (Å²) in [5, 5.41) is 0. The smallest absolute Gasteiger partial charge is 0.175 e. The second-order valence-electron chi connectivity index (χ2n) is 3.85. The van der Waals surface area contributed by atoms with E-state index in [0.29, 0.717) is 12.4 Å². The van der Waals surface area contributed by atoms with Gasteiger partial charge in [0.05, 0.1) is 11.4 Å². The number of hydrogen-bond donors (Lipinski definition) is 2. The van der Waals surface area contributed by atoms with E-state index in [-0.39, 0.29) is 4.90 Å². The molecule has 0 amide bonds. The summed E-state index contributed by atoms with van der Waals surface area (Å²) in [6.07, 6.45) is 1.18. The van der Waals surface area contributed by atoms with Gasteiger partial charge in [0.15, 0.2) is 9.84 Å². The SMILES string of the molecule is CS(=O)(=O)c1ccc(-c2nc(CN)[nH]c2Br)cc1. The molecule has 3 N–H and O–H groups in total. The fourth-order valence-electron chi connectivity index (χ4n) is 1.55. The maximum atomic E-state index is 11.4. The van der Waals surface area contributed by atoms with Crippen molar-refractivity contribution in [2.45, 2.75) is 11.4 Å². The first kappa shape index (κ1) is 13.3. The number of sulfone groups is 1. The van der Waals surface area contributed by atoms with Gasteiger partial charge in [-0.2, -0.15) is 0 Å². The van der Waals surface area contributed by atoms with Crippen molar-refractivity contribution in [3.05, 3.63) is 34.7 Å². The summed E-state index contributed by atoms with van der Waals surface area (Å²) in [7, 11) is -3.17. The van der Waals surface area contributed by atoms with Gasteiger partial charge in [0.1, 0.15) is 16.1 Å². The second kappa shape index (κ2) is 4.83. The number of nitrogens with zero attached hydrogens (tertiary/aromatic N) is 1. The van der Waals surface area contributed by atoms with Crippen molar-refractivity contribution in [1.82, 2.24) is 9.97 Å². The van der Waals surface area contributed by atoms with Gasteiger partial charge in [0.25, 0.3) is 0 Å². The molecule has 0 radical (unpaired) electrons. The van der Waals surface area contributed by atoms with Gasteiger partial charge >= 0.3 is 0 Å². The molecule has 0 aliphatic carbocycles. The molecule has 0 spiro atoms. The van der Waals surface area contributed by atoms with Crippen molar-refractivity contribution >= 4 is 25.8 Å².